The van der Waals surface area contributed by atoms with Gasteiger partial charge in [-0.2, -0.15) is 0 Å². The first-order valence-electron chi connectivity index (χ1n) is 6.40. The number of phenols is 1. The van der Waals surface area contributed by atoms with Gasteiger partial charge < -0.3 is 15.9 Å². The molecule has 98 valence electrons. The van der Waals surface area contributed by atoms with E-state index >= 15 is 0 Å². The van der Waals surface area contributed by atoms with Gasteiger partial charge in [-0.1, -0.05) is 12.5 Å². The van der Waals surface area contributed by atoms with Crippen LogP contribution in [0, 0.1) is 0 Å². The molecule has 0 heterocycles. The lowest BCUT2D eigenvalue weighted by Crippen LogP contribution is -2.32. The van der Waals surface area contributed by atoms with Crippen LogP contribution in [0.2, 0.25) is 0 Å². The van der Waals surface area contributed by atoms with Gasteiger partial charge in [-0.05, 0) is 48.4 Å². The van der Waals surface area contributed by atoms with E-state index < -0.39 is 12.0 Å². The molecule has 0 saturated heterocycles. The zero-order chi connectivity index (χ0) is 13.1. The van der Waals surface area contributed by atoms with E-state index in [0.29, 0.717) is 5.56 Å². The number of hydrogen-bond donors (Lipinski definition) is 3. The fourth-order valence-corrected chi connectivity index (χ4v) is 2.49. The largest absolute Gasteiger partial charge is 0.508 e. The summed E-state index contributed by atoms with van der Waals surface area (Å²) in [4.78, 5) is 10.8. The standard InChI is InChI=1S/C14H19NO3/c15-12(14(17)18)7-11-6-9-4-2-1-3-5-10(9)8-13(11)16/h6,8,12,16H,1-5,7,15H2,(H,17,18). The van der Waals surface area contributed by atoms with E-state index in [0.717, 1.165) is 25.7 Å². The van der Waals surface area contributed by atoms with E-state index in [1.54, 1.807) is 6.07 Å². The highest BCUT2D eigenvalue weighted by atomic mass is 16.4. The molecule has 1 aliphatic rings. The molecule has 0 bridgehead atoms. The molecule has 2 rings (SSSR count). The Kier molecular flexibility index (Phi) is 3.87. The maximum Gasteiger partial charge on any atom is 0.320 e. The van der Waals surface area contributed by atoms with E-state index in [1.165, 1.54) is 17.5 Å². The minimum absolute atomic E-state index is 0.173. The first-order valence-corrected chi connectivity index (χ1v) is 6.40. The number of fused-ring (bicyclic) bond motifs is 1. The third kappa shape index (κ3) is 2.82. The fraction of sp³-hybridized carbons (Fsp3) is 0.500. The molecule has 18 heavy (non-hydrogen) atoms. The number of carboxylic acids is 1. The molecule has 4 nitrogen and oxygen atoms in total. The van der Waals surface area contributed by atoms with Gasteiger partial charge in [-0.25, -0.2) is 0 Å². The molecule has 1 aromatic carbocycles. The number of rotatable bonds is 3. The Hall–Kier alpha value is -1.55. The van der Waals surface area contributed by atoms with Crippen LogP contribution in [0.15, 0.2) is 12.1 Å². The van der Waals surface area contributed by atoms with E-state index in [-0.39, 0.29) is 12.2 Å². The topological polar surface area (TPSA) is 83.5 Å². The van der Waals surface area contributed by atoms with Gasteiger partial charge in [0.1, 0.15) is 11.8 Å². The van der Waals surface area contributed by atoms with E-state index in [2.05, 4.69) is 0 Å². The molecule has 4 heteroatoms. The van der Waals surface area contributed by atoms with Gasteiger partial charge in [0.25, 0.3) is 0 Å². The van der Waals surface area contributed by atoms with E-state index in [1.807, 2.05) is 6.07 Å². The maximum atomic E-state index is 10.8. The minimum Gasteiger partial charge on any atom is -0.508 e. The summed E-state index contributed by atoms with van der Waals surface area (Å²) in [7, 11) is 0. The Labute approximate surface area is 106 Å². The summed E-state index contributed by atoms with van der Waals surface area (Å²) < 4.78 is 0. The molecule has 0 amide bonds. The number of carbonyl (C=O) groups is 1. The van der Waals surface area contributed by atoms with Crippen molar-refractivity contribution in [2.45, 2.75) is 44.6 Å². The number of aryl methyl sites for hydroxylation is 2. The average molecular weight is 249 g/mol. The summed E-state index contributed by atoms with van der Waals surface area (Å²) in [5, 5.41) is 18.8. The summed E-state index contributed by atoms with van der Waals surface area (Å²) in [6.07, 6.45) is 5.69. The van der Waals surface area contributed by atoms with Gasteiger partial charge in [0.15, 0.2) is 0 Å². The van der Waals surface area contributed by atoms with Crippen molar-refractivity contribution in [2.24, 2.45) is 5.73 Å². The SMILES string of the molecule is NC(Cc1cc2c(cc1O)CCCCC2)C(=O)O. The monoisotopic (exact) mass is 249 g/mol. The van der Waals surface area contributed by atoms with Crippen LogP contribution in [0.4, 0.5) is 0 Å². The van der Waals surface area contributed by atoms with Crippen molar-refractivity contribution < 1.29 is 15.0 Å². The Morgan fingerprint density at radius 1 is 1.22 bits per heavy atom. The van der Waals surface area contributed by atoms with E-state index in [4.69, 9.17) is 10.8 Å². The molecule has 0 spiro atoms. The molecule has 4 N–H and O–H groups in total. The number of aliphatic carboxylic acids is 1. The van der Waals surface area contributed by atoms with Crippen molar-refractivity contribution in [3.8, 4) is 5.75 Å². The molecule has 1 aliphatic carbocycles. The predicted octanol–water partition coefficient (Wildman–Crippen LogP) is 1.62. The zero-order valence-corrected chi connectivity index (χ0v) is 10.4. The molecular formula is C14H19NO3. The molecule has 0 radical (unpaired) electrons. The number of aromatic hydroxyl groups is 1. The smallest absolute Gasteiger partial charge is 0.320 e. The van der Waals surface area contributed by atoms with Crippen LogP contribution >= 0.6 is 0 Å². The van der Waals surface area contributed by atoms with Crippen LogP contribution < -0.4 is 5.73 Å². The highest BCUT2D eigenvalue weighted by molar-refractivity contribution is 5.73. The van der Waals surface area contributed by atoms with Crippen molar-refractivity contribution >= 4 is 5.97 Å². The van der Waals surface area contributed by atoms with Gasteiger partial charge in [0, 0.05) is 6.42 Å². The third-order valence-corrected chi connectivity index (χ3v) is 3.55. The van der Waals surface area contributed by atoms with Gasteiger partial charge in [-0.15, -0.1) is 0 Å². The molecule has 0 aromatic heterocycles. The van der Waals surface area contributed by atoms with Crippen molar-refractivity contribution in [1.82, 2.24) is 0 Å². The Morgan fingerprint density at radius 2 is 1.83 bits per heavy atom. The van der Waals surface area contributed by atoms with Gasteiger partial charge in [0.2, 0.25) is 0 Å². The van der Waals surface area contributed by atoms with E-state index in [9.17, 15) is 9.90 Å². The maximum absolute atomic E-state index is 10.8. The van der Waals surface area contributed by atoms with Crippen molar-refractivity contribution in [2.75, 3.05) is 0 Å². The summed E-state index contributed by atoms with van der Waals surface area (Å²) >= 11 is 0. The van der Waals surface area contributed by atoms with Crippen molar-refractivity contribution in [3.05, 3.63) is 28.8 Å². The zero-order valence-electron chi connectivity index (χ0n) is 10.4. The second kappa shape index (κ2) is 5.40. The summed E-state index contributed by atoms with van der Waals surface area (Å²) in [6.45, 7) is 0. The van der Waals surface area contributed by atoms with Crippen LogP contribution in [0.25, 0.3) is 0 Å². The van der Waals surface area contributed by atoms with Gasteiger partial charge >= 0.3 is 5.97 Å². The Morgan fingerprint density at radius 3 is 2.44 bits per heavy atom. The van der Waals surface area contributed by atoms with Crippen LogP contribution in [-0.4, -0.2) is 22.2 Å². The number of nitrogens with two attached hydrogens (primary N) is 1. The van der Waals surface area contributed by atoms with Crippen LogP contribution in [0.1, 0.15) is 36.0 Å². The lowest BCUT2D eigenvalue weighted by atomic mass is 9.96. The molecule has 1 unspecified atom stereocenters. The predicted molar refractivity (Wildman–Crippen MR) is 68.7 cm³/mol. The lowest BCUT2D eigenvalue weighted by Gasteiger charge is -2.13. The van der Waals surface area contributed by atoms with Crippen LogP contribution in [-0.2, 0) is 24.1 Å². The van der Waals surface area contributed by atoms with Crippen molar-refractivity contribution in [3.63, 3.8) is 0 Å². The number of phenolic OH excluding ortho intramolecular Hbond substituents is 1. The normalized spacial score (nSPS) is 16.7. The number of hydrogen-bond acceptors (Lipinski definition) is 3. The third-order valence-electron chi connectivity index (χ3n) is 3.55. The molecule has 0 fully saturated rings. The molecule has 1 aromatic rings. The van der Waals surface area contributed by atoms with Crippen LogP contribution in [0.5, 0.6) is 5.75 Å². The second-order valence-corrected chi connectivity index (χ2v) is 4.96. The lowest BCUT2D eigenvalue weighted by molar-refractivity contribution is -0.138. The molecule has 1 atom stereocenters. The average Bonchev–Trinajstić information content (AvgIpc) is 2.54. The Bertz CT molecular complexity index is 457. The molecule has 0 saturated carbocycles. The first-order chi connectivity index (χ1) is 8.58. The van der Waals surface area contributed by atoms with Crippen LogP contribution in [0.3, 0.4) is 0 Å². The number of carboxylic acid groups (broad SMARTS) is 1. The molecule has 0 aliphatic heterocycles. The fourth-order valence-electron chi connectivity index (χ4n) is 2.49. The molecular weight excluding hydrogens is 230 g/mol. The van der Waals surface area contributed by atoms with Gasteiger partial charge in [0.05, 0.1) is 0 Å². The van der Waals surface area contributed by atoms with Gasteiger partial charge in [-0.3, -0.25) is 4.79 Å². The summed E-state index contributed by atoms with van der Waals surface area (Å²) in [5.74, 6) is -0.864. The highest BCUT2D eigenvalue weighted by Gasteiger charge is 2.17. The highest BCUT2D eigenvalue weighted by Crippen LogP contribution is 2.28. The first kappa shape index (κ1) is 12.9. The quantitative estimate of drug-likeness (QED) is 0.711. The van der Waals surface area contributed by atoms with Crippen molar-refractivity contribution in [1.29, 1.82) is 0 Å². The minimum atomic E-state index is -1.04. The second-order valence-electron chi connectivity index (χ2n) is 4.96. The number of benzene rings is 1. The Balaban J connectivity index is 2.26. The summed E-state index contributed by atoms with van der Waals surface area (Å²) in [6, 6.07) is 2.75. The summed E-state index contributed by atoms with van der Waals surface area (Å²) in [5.41, 5.74) is 8.58.